The van der Waals surface area contributed by atoms with E-state index in [9.17, 15) is 9.59 Å². The van der Waals surface area contributed by atoms with E-state index >= 15 is 0 Å². The molecular formula is C26H21ClN2O5. The molecule has 7 nitrogen and oxygen atoms in total. The zero-order chi connectivity index (χ0) is 24.1. The van der Waals surface area contributed by atoms with Crippen LogP contribution in [0.25, 0.3) is 16.9 Å². The number of para-hydroxylation sites is 1. The van der Waals surface area contributed by atoms with Crippen LogP contribution in [-0.4, -0.2) is 35.9 Å². The third-order valence-electron chi connectivity index (χ3n) is 5.08. The summed E-state index contributed by atoms with van der Waals surface area (Å²) in [5, 5.41) is 5.25. The third kappa shape index (κ3) is 4.79. The van der Waals surface area contributed by atoms with Crippen molar-refractivity contribution in [2.45, 2.75) is 6.61 Å². The molecule has 0 aliphatic heterocycles. The first-order valence-corrected chi connectivity index (χ1v) is 10.7. The van der Waals surface area contributed by atoms with Gasteiger partial charge in [-0.15, -0.1) is 0 Å². The van der Waals surface area contributed by atoms with E-state index in [-0.39, 0.29) is 17.0 Å². The highest BCUT2D eigenvalue weighted by Gasteiger charge is 2.31. The molecule has 0 unspecified atom stereocenters. The molecule has 34 heavy (non-hydrogen) atoms. The van der Waals surface area contributed by atoms with Crippen molar-refractivity contribution in [2.75, 3.05) is 14.2 Å². The number of aromatic nitrogens is 2. The molecule has 0 atom stereocenters. The van der Waals surface area contributed by atoms with Crippen LogP contribution < -0.4 is 4.74 Å². The molecule has 0 aliphatic rings. The van der Waals surface area contributed by atoms with Crippen LogP contribution in [0.15, 0.2) is 78.9 Å². The molecule has 0 spiro atoms. The van der Waals surface area contributed by atoms with Crippen molar-refractivity contribution >= 4 is 23.5 Å². The summed E-state index contributed by atoms with van der Waals surface area (Å²) in [5.74, 6) is -0.847. The SMILES string of the molecule is COC(=O)c1c(-c2cccc(OCc3ccc(Cl)cc3)c2)nn(-c2ccccc2)c1C(=O)OC. The van der Waals surface area contributed by atoms with Crippen molar-refractivity contribution in [2.24, 2.45) is 0 Å². The Kier molecular flexibility index (Phi) is 6.94. The van der Waals surface area contributed by atoms with Gasteiger partial charge in [-0.05, 0) is 42.0 Å². The molecule has 172 valence electrons. The van der Waals surface area contributed by atoms with Crippen LogP contribution in [0.1, 0.15) is 26.4 Å². The summed E-state index contributed by atoms with van der Waals surface area (Å²) in [5.41, 5.74) is 2.37. The standard InChI is InChI=1S/C26H21ClN2O5/c1-32-25(30)22-23(28-29(24(22)26(31)33-2)20-8-4-3-5-9-20)18-7-6-10-21(15-18)34-16-17-11-13-19(27)14-12-17/h3-15H,16H2,1-2H3. The van der Waals surface area contributed by atoms with E-state index in [2.05, 4.69) is 5.10 Å². The van der Waals surface area contributed by atoms with E-state index in [4.69, 9.17) is 25.8 Å². The molecule has 0 fully saturated rings. The molecule has 0 aliphatic carbocycles. The van der Waals surface area contributed by atoms with Gasteiger partial charge in [0.05, 0.1) is 19.9 Å². The lowest BCUT2D eigenvalue weighted by molar-refractivity contribution is 0.0549. The number of benzene rings is 3. The Morgan fingerprint density at radius 3 is 2.26 bits per heavy atom. The number of nitrogens with zero attached hydrogens (tertiary/aromatic N) is 2. The Morgan fingerprint density at radius 2 is 1.59 bits per heavy atom. The lowest BCUT2D eigenvalue weighted by Gasteiger charge is -2.08. The van der Waals surface area contributed by atoms with Gasteiger partial charge in [0.15, 0.2) is 5.69 Å². The van der Waals surface area contributed by atoms with Gasteiger partial charge < -0.3 is 14.2 Å². The molecule has 0 saturated heterocycles. The minimum atomic E-state index is -0.710. The van der Waals surface area contributed by atoms with Crippen LogP contribution in [0.3, 0.4) is 0 Å². The minimum Gasteiger partial charge on any atom is -0.489 e. The van der Waals surface area contributed by atoms with Gasteiger partial charge in [0.2, 0.25) is 0 Å². The summed E-state index contributed by atoms with van der Waals surface area (Å²) in [6.07, 6.45) is 0. The first kappa shape index (κ1) is 23.1. The lowest BCUT2D eigenvalue weighted by atomic mass is 10.1. The fourth-order valence-corrected chi connectivity index (χ4v) is 3.56. The summed E-state index contributed by atoms with van der Waals surface area (Å²) in [6, 6.07) is 23.5. The van der Waals surface area contributed by atoms with Gasteiger partial charge in [-0.25, -0.2) is 14.3 Å². The number of carbonyl (C=O) groups excluding carboxylic acids is 2. The zero-order valence-electron chi connectivity index (χ0n) is 18.5. The third-order valence-corrected chi connectivity index (χ3v) is 5.33. The number of rotatable bonds is 7. The second-order valence-electron chi connectivity index (χ2n) is 7.25. The lowest BCUT2D eigenvalue weighted by Crippen LogP contribution is -2.15. The van der Waals surface area contributed by atoms with Crippen molar-refractivity contribution in [1.29, 1.82) is 0 Å². The molecule has 1 aromatic heterocycles. The summed E-state index contributed by atoms with van der Waals surface area (Å²) in [6.45, 7) is 0.330. The van der Waals surface area contributed by atoms with Crippen LogP contribution in [-0.2, 0) is 16.1 Å². The fourth-order valence-electron chi connectivity index (χ4n) is 3.44. The van der Waals surface area contributed by atoms with Crippen LogP contribution in [0.5, 0.6) is 5.75 Å². The monoisotopic (exact) mass is 476 g/mol. The predicted molar refractivity (Wildman–Crippen MR) is 127 cm³/mol. The average Bonchev–Trinajstić information content (AvgIpc) is 3.29. The maximum Gasteiger partial charge on any atom is 0.357 e. The fraction of sp³-hybridized carbons (Fsp3) is 0.115. The minimum absolute atomic E-state index is 0.00746. The zero-order valence-corrected chi connectivity index (χ0v) is 19.3. The molecule has 1 heterocycles. The van der Waals surface area contributed by atoms with Gasteiger partial charge in [-0.2, -0.15) is 5.10 Å². The largest absolute Gasteiger partial charge is 0.489 e. The molecule has 0 saturated carbocycles. The smallest absolute Gasteiger partial charge is 0.357 e. The summed E-state index contributed by atoms with van der Waals surface area (Å²) >= 11 is 5.94. The molecule has 0 bridgehead atoms. The van der Waals surface area contributed by atoms with Crippen molar-refractivity contribution < 1.29 is 23.8 Å². The van der Waals surface area contributed by atoms with Crippen LogP contribution in [0, 0.1) is 0 Å². The highest BCUT2D eigenvalue weighted by atomic mass is 35.5. The molecule has 0 amide bonds. The molecule has 3 aromatic carbocycles. The number of carbonyl (C=O) groups is 2. The average molecular weight is 477 g/mol. The molecule has 4 aromatic rings. The first-order valence-electron chi connectivity index (χ1n) is 10.3. The van der Waals surface area contributed by atoms with Crippen molar-refractivity contribution in [3.8, 4) is 22.7 Å². The quantitative estimate of drug-likeness (QED) is 0.335. The highest BCUT2D eigenvalue weighted by Crippen LogP contribution is 2.31. The van der Waals surface area contributed by atoms with Gasteiger partial charge in [-0.1, -0.05) is 54.1 Å². The van der Waals surface area contributed by atoms with E-state index in [0.29, 0.717) is 28.6 Å². The van der Waals surface area contributed by atoms with E-state index in [1.54, 1.807) is 60.7 Å². The van der Waals surface area contributed by atoms with Crippen molar-refractivity contribution in [1.82, 2.24) is 9.78 Å². The van der Waals surface area contributed by atoms with Crippen LogP contribution in [0.4, 0.5) is 0 Å². The van der Waals surface area contributed by atoms with Gasteiger partial charge >= 0.3 is 11.9 Å². The Morgan fingerprint density at radius 1 is 0.882 bits per heavy atom. The van der Waals surface area contributed by atoms with Gasteiger partial charge in [0, 0.05) is 10.6 Å². The van der Waals surface area contributed by atoms with Gasteiger partial charge in [-0.3, -0.25) is 0 Å². The number of ether oxygens (including phenoxy) is 3. The number of halogens is 1. The number of hydrogen-bond acceptors (Lipinski definition) is 6. The van der Waals surface area contributed by atoms with Crippen LogP contribution >= 0.6 is 11.6 Å². The van der Waals surface area contributed by atoms with Gasteiger partial charge in [0.1, 0.15) is 23.6 Å². The first-order chi connectivity index (χ1) is 16.5. The Hall–Kier alpha value is -4.10. The van der Waals surface area contributed by atoms with Crippen LogP contribution in [0.2, 0.25) is 5.02 Å². The van der Waals surface area contributed by atoms with Crippen molar-refractivity contribution in [3.63, 3.8) is 0 Å². The Balaban J connectivity index is 1.78. The van der Waals surface area contributed by atoms with Gasteiger partial charge in [0.25, 0.3) is 0 Å². The number of methoxy groups -OCH3 is 2. The second-order valence-corrected chi connectivity index (χ2v) is 7.68. The van der Waals surface area contributed by atoms with E-state index in [0.717, 1.165) is 5.56 Å². The Labute approximate surface area is 201 Å². The maximum absolute atomic E-state index is 12.8. The van der Waals surface area contributed by atoms with E-state index in [1.165, 1.54) is 18.9 Å². The number of esters is 2. The molecule has 0 radical (unpaired) electrons. The summed E-state index contributed by atoms with van der Waals surface area (Å²) in [7, 11) is 2.50. The molecular weight excluding hydrogens is 456 g/mol. The second kappa shape index (κ2) is 10.2. The normalized spacial score (nSPS) is 10.6. The summed E-state index contributed by atoms with van der Waals surface area (Å²) < 4.78 is 17.3. The van der Waals surface area contributed by atoms with E-state index in [1.807, 2.05) is 18.2 Å². The molecule has 8 heteroatoms. The maximum atomic E-state index is 12.8. The predicted octanol–water partition coefficient (Wildman–Crippen LogP) is 5.34. The van der Waals surface area contributed by atoms with E-state index < -0.39 is 11.9 Å². The number of hydrogen-bond donors (Lipinski definition) is 0. The van der Waals surface area contributed by atoms with Crippen molar-refractivity contribution in [3.05, 3.63) is 101 Å². The highest BCUT2D eigenvalue weighted by molar-refractivity contribution is 6.30. The topological polar surface area (TPSA) is 79.7 Å². The molecule has 0 N–H and O–H groups in total. The Bertz CT molecular complexity index is 1320. The molecule has 4 rings (SSSR count). The summed E-state index contributed by atoms with van der Waals surface area (Å²) in [4.78, 5) is 25.5.